The fraction of sp³-hybridized carbons (Fsp3) is 0. The molecule has 0 spiro atoms. The minimum atomic E-state index is 0.674. The van der Waals surface area contributed by atoms with Gasteiger partial charge < -0.3 is 17.2 Å². The van der Waals surface area contributed by atoms with Crippen molar-refractivity contribution < 1.29 is 0 Å². The molecule has 82 valence electrons. The molecule has 4 heteroatoms. The van der Waals surface area contributed by atoms with E-state index in [-0.39, 0.29) is 0 Å². The molecule has 0 heterocycles. The summed E-state index contributed by atoms with van der Waals surface area (Å²) in [6.07, 6.45) is 0. The van der Waals surface area contributed by atoms with E-state index in [0.29, 0.717) is 11.4 Å². The SMILES string of the molecule is Nc1ccccc1Sc1c(N)cccc1N. The first-order valence-corrected chi connectivity index (χ1v) is 5.66. The Morgan fingerprint density at radius 1 is 0.688 bits per heavy atom. The molecule has 0 fully saturated rings. The van der Waals surface area contributed by atoms with Gasteiger partial charge in [-0.25, -0.2) is 0 Å². The van der Waals surface area contributed by atoms with Crippen LogP contribution in [-0.4, -0.2) is 0 Å². The molecule has 0 bridgehead atoms. The molecule has 16 heavy (non-hydrogen) atoms. The van der Waals surface area contributed by atoms with E-state index in [1.165, 1.54) is 11.8 Å². The summed E-state index contributed by atoms with van der Waals surface area (Å²) in [6.45, 7) is 0. The van der Waals surface area contributed by atoms with Crippen LogP contribution < -0.4 is 17.2 Å². The minimum absolute atomic E-state index is 0.674. The molecule has 0 saturated heterocycles. The average molecular weight is 231 g/mol. The summed E-state index contributed by atoms with van der Waals surface area (Å²) in [5, 5.41) is 0. The Balaban J connectivity index is 2.38. The average Bonchev–Trinajstić information content (AvgIpc) is 2.26. The normalized spacial score (nSPS) is 10.2. The lowest BCUT2D eigenvalue weighted by atomic mass is 10.3. The summed E-state index contributed by atoms with van der Waals surface area (Å²) in [5.74, 6) is 0. The number of rotatable bonds is 2. The molecule has 0 saturated carbocycles. The monoisotopic (exact) mass is 231 g/mol. The lowest BCUT2D eigenvalue weighted by Gasteiger charge is -2.09. The molecule has 0 aliphatic carbocycles. The zero-order valence-electron chi connectivity index (χ0n) is 8.68. The zero-order valence-corrected chi connectivity index (χ0v) is 9.50. The van der Waals surface area contributed by atoms with Crippen LogP contribution >= 0.6 is 11.8 Å². The molecule has 2 aromatic carbocycles. The van der Waals surface area contributed by atoms with Crippen molar-refractivity contribution in [2.75, 3.05) is 17.2 Å². The highest BCUT2D eigenvalue weighted by molar-refractivity contribution is 7.99. The van der Waals surface area contributed by atoms with Crippen LogP contribution in [0.3, 0.4) is 0 Å². The van der Waals surface area contributed by atoms with Crippen LogP contribution in [0.1, 0.15) is 0 Å². The third-order valence-electron chi connectivity index (χ3n) is 2.21. The predicted octanol–water partition coefficient (Wildman–Crippen LogP) is 2.58. The maximum absolute atomic E-state index is 5.88. The first-order valence-electron chi connectivity index (χ1n) is 4.85. The Kier molecular flexibility index (Phi) is 2.92. The molecule has 0 radical (unpaired) electrons. The van der Waals surface area contributed by atoms with E-state index in [9.17, 15) is 0 Å². The van der Waals surface area contributed by atoms with E-state index in [2.05, 4.69) is 0 Å². The lowest BCUT2D eigenvalue weighted by Crippen LogP contribution is -1.95. The van der Waals surface area contributed by atoms with Gasteiger partial charge in [0.2, 0.25) is 0 Å². The summed E-state index contributed by atoms with van der Waals surface area (Å²) in [4.78, 5) is 1.83. The third-order valence-corrected chi connectivity index (χ3v) is 3.47. The Morgan fingerprint density at radius 3 is 1.88 bits per heavy atom. The van der Waals surface area contributed by atoms with Crippen molar-refractivity contribution in [3.05, 3.63) is 42.5 Å². The number of benzene rings is 2. The van der Waals surface area contributed by atoms with Crippen LogP contribution in [0.5, 0.6) is 0 Å². The molecule has 0 aliphatic rings. The van der Waals surface area contributed by atoms with Crippen LogP contribution in [0.4, 0.5) is 17.1 Å². The van der Waals surface area contributed by atoms with E-state index in [0.717, 1.165) is 15.5 Å². The summed E-state index contributed by atoms with van der Waals surface area (Å²) in [5.41, 5.74) is 19.7. The summed E-state index contributed by atoms with van der Waals surface area (Å²) < 4.78 is 0. The van der Waals surface area contributed by atoms with E-state index in [1.54, 1.807) is 0 Å². The van der Waals surface area contributed by atoms with Crippen molar-refractivity contribution in [1.82, 2.24) is 0 Å². The number of anilines is 3. The van der Waals surface area contributed by atoms with Gasteiger partial charge in [0.15, 0.2) is 0 Å². The molecule has 0 unspecified atom stereocenters. The summed E-state index contributed by atoms with van der Waals surface area (Å²) in [7, 11) is 0. The highest BCUT2D eigenvalue weighted by atomic mass is 32.2. The van der Waals surface area contributed by atoms with E-state index in [1.807, 2.05) is 42.5 Å². The number of hydrogen-bond donors (Lipinski definition) is 3. The molecule has 2 rings (SSSR count). The van der Waals surface area contributed by atoms with Gasteiger partial charge in [0, 0.05) is 22.0 Å². The topological polar surface area (TPSA) is 78.1 Å². The van der Waals surface area contributed by atoms with E-state index in [4.69, 9.17) is 17.2 Å². The Labute approximate surface area is 98.6 Å². The molecule has 0 atom stereocenters. The van der Waals surface area contributed by atoms with Crippen molar-refractivity contribution in [2.24, 2.45) is 0 Å². The van der Waals surface area contributed by atoms with Crippen molar-refractivity contribution >= 4 is 28.8 Å². The second-order valence-corrected chi connectivity index (χ2v) is 4.46. The molecular weight excluding hydrogens is 218 g/mol. The van der Waals surface area contributed by atoms with Gasteiger partial charge in [-0.3, -0.25) is 0 Å². The van der Waals surface area contributed by atoms with Crippen molar-refractivity contribution in [2.45, 2.75) is 9.79 Å². The Bertz CT molecular complexity index is 491. The van der Waals surface area contributed by atoms with Gasteiger partial charge in [0.25, 0.3) is 0 Å². The highest BCUT2D eigenvalue weighted by Gasteiger charge is 2.07. The first-order chi connectivity index (χ1) is 7.68. The number of nitrogen functional groups attached to an aromatic ring is 3. The molecule has 0 aliphatic heterocycles. The second-order valence-electron chi connectivity index (χ2n) is 3.41. The maximum Gasteiger partial charge on any atom is 0.0582 e. The van der Waals surface area contributed by atoms with Gasteiger partial charge >= 0.3 is 0 Å². The van der Waals surface area contributed by atoms with Gasteiger partial charge in [0.1, 0.15) is 0 Å². The maximum atomic E-state index is 5.88. The van der Waals surface area contributed by atoms with Gasteiger partial charge in [0.05, 0.1) is 4.90 Å². The fourth-order valence-electron chi connectivity index (χ4n) is 1.37. The van der Waals surface area contributed by atoms with Crippen LogP contribution in [0.2, 0.25) is 0 Å². The number of hydrogen-bond acceptors (Lipinski definition) is 4. The smallest absolute Gasteiger partial charge is 0.0582 e. The van der Waals surface area contributed by atoms with Crippen LogP contribution in [-0.2, 0) is 0 Å². The predicted molar refractivity (Wildman–Crippen MR) is 70.2 cm³/mol. The summed E-state index contributed by atoms with van der Waals surface area (Å²) in [6, 6.07) is 13.1. The number of para-hydroxylation sites is 1. The third kappa shape index (κ3) is 2.06. The molecular formula is C12H13N3S. The quantitative estimate of drug-likeness (QED) is 0.694. The van der Waals surface area contributed by atoms with Crippen molar-refractivity contribution in [3.8, 4) is 0 Å². The second kappa shape index (κ2) is 4.37. The van der Waals surface area contributed by atoms with Crippen LogP contribution in [0.25, 0.3) is 0 Å². The number of nitrogens with two attached hydrogens (primary N) is 3. The lowest BCUT2D eigenvalue weighted by molar-refractivity contribution is 1.41. The fourth-order valence-corrected chi connectivity index (χ4v) is 2.30. The largest absolute Gasteiger partial charge is 0.398 e. The van der Waals surface area contributed by atoms with Gasteiger partial charge in [-0.15, -0.1) is 0 Å². The molecule has 2 aromatic rings. The van der Waals surface area contributed by atoms with Crippen molar-refractivity contribution in [1.29, 1.82) is 0 Å². The van der Waals surface area contributed by atoms with E-state index < -0.39 is 0 Å². The first kappa shape index (κ1) is 10.7. The molecule has 3 nitrogen and oxygen atoms in total. The molecule has 0 amide bonds. The minimum Gasteiger partial charge on any atom is -0.398 e. The Morgan fingerprint density at radius 2 is 1.25 bits per heavy atom. The standard InChI is InChI=1S/C12H13N3S/c13-8-4-1-2-7-11(8)16-12-9(14)5-3-6-10(12)15/h1-7H,13-15H2. The highest BCUT2D eigenvalue weighted by Crippen LogP contribution is 2.38. The van der Waals surface area contributed by atoms with Gasteiger partial charge in [-0.2, -0.15) is 0 Å². The Hall–Kier alpha value is -1.81. The van der Waals surface area contributed by atoms with Crippen LogP contribution in [0, 0.1) is 0 Å². The van der Waals surface area contributed by atoms with Gasteiger partial charge in [-0.1, -0.05) is 30.0 Å². The molecule has 0 aromatic heterocycles. The van der Waals surface area contributed by atoms with E-state index >= 15 is 0 Å². The van der Waals surface area contributed by atoms with Crippen molar-refractivity contribution in [3.63, 3.8) is 0 Å². The molecule has 6 N–H and O–H groups in total. The summed E-state index contributed by atoms with van der Waals surface area (Å²) >= 11 is 1.49. The van der Waals surface area contributed by atoms with Crippen LogP contribution in [0.15, 0.2) is 52.3 Å². The van der Waals surface area contributed by atoms with Gasteiger partial charge in [-0.05, 0) is 24.3 Å². The zero-order chi connectivity index (χ0) is 11.5.